The summed E-state index contributed by atoms with van der Waals surface area (Å²) in [7, 11) is -3.98. The SMILES string of the molecule is O=S(=O)(c1ccccc1F)N1CCN(c2nc(C(F)F)nc3ccccc23)CC1. The number of aromatic nitrogens is 2. The summed E-state index contributed by atoms with van der Waals surface area (Å²) in [6.45, 7) is 0.632. The van der Waals surface area contributed by atoms with Crippen molar-refractivity contribution < 1.29 is 21.6 Å². The van der Waals surface area contributed by atoms with Gasteiger partial charge in [-0.15, -0.1) is 0 Å². The van der Waals surface area contributed by atoms with E-state index in [1.54, 1.807) is 29.2 Å². The zero-order chi connectivity index (χ0) is 20.6. The molecule has 0 unspecified atom stereocenters. The van der Waals surface area contributed by atoms with Gasteiger partial charge in [-0.1, -0.05) is 24.3 Å². The Morgan fingerprint density at radius 3 is 2.24 bits per heavy atom. The average Bonchev–Trinajstić information content (AvgIpc) is 2.73. The van der Waals surface area contributed by atoms with E-state index in [9.17, 15) is 21.6 Å². The molecule has 2 aromatic carbocycles. The highest BCUT2D eigenvalue weighted by atomic mass is 32.2. The van der Waals surface area contributed by atoms with Crippen LogP contribution < -0.4 is 4.90 Å². The van der Waals surface area contributed by atoms with Crippen molar-refractivity contribution in [3.8, 4) is 0 Å². The zero-order valence-electron chi connectivity index (χ0n) is 15.2. The number of sulfonamides is 1. The Morgan fingerprint density at radius 2 is 1.55 bits per heavy atom. The van der Waals surface area contributed by atoms with Crippen molar-refractivity contribution in [2.45, 2.75) is 11.3 Å². The number of fused-ring (bicyclic) bond motifs is 1. The van der Waals surface area contributed by atoms with Gasteiger partial charge in [0.25, 0.3) is 6.43 Å². The quantitative estimate of drug-likeness (QED) is 0.646. The van der Waals surface area contributed by atoms with E-state index in [0.29, 0.717) is 16.7 Å². The third kappa shape index (κ3) is 3.65. The summed E-state index contributed by atoms with van der Waals surface area (Å²) in [5.41, 5.74) is 0.397. The molecule has 0 saturated carbocycles. The van der Waals surface area contributed by atoms with Gasteiger partial charge in [-0.05, 0) is 24.3 Å². The van der Waals surface area contributed by atoms with Gasteiger partial charge in [-0.25, -0.2) is 31.6 Å². The van der Waals surface area contributed by atoms with Gasteiger partial charge in [0.2, 0.25) is 10.0 Å². The van der Waals surface area contributed by atoms with Gasteiger partial charge >= 0.3 is 0 Å². The maximum absolute atomic E-state index is 14.0. The lowest BCUT2D eigenvalue weighted by molar-refractivity contribution is 0.141. The number of alkyl halides is 2. The minimum Gasteiger partial charge on any atom is -0.353 e. The fourth-order valence-corrected chi connectivity index (χ4v) is 4.84. The molecule has 0 atom stereocenters. The molecule has 4 rings (SSSR count). The zero-order valence-corrected chi connectivity index (χ0v) is 16.0. The standard InChI is InChI=1S/C19H17F3N4O2S/c20-14-6-2-4-8-16(14)29(27,28)26-11-9-25(10-12-26)19-13-5-1-3-7-15(13)23-18(24-19)17(21)22/h1-8,17H,9-12H2. The molecule has 29 heavy (non-hydrogen) atoms. The Hall–Kier alpha value is -2.72. The molecule has 10 heteroatoms. The van der Waals surface area contributed by atoms with E-state index in [1.807, 2.05) is 0 Å². The second kappa shape index (κ2) is 7.60. The predicted octanol–water partition coefficient (Wildman–Crippen LogP) is 3.22. The van der Waals surface area contributed by atoms with Crippen LogP contribution in [-0.4, -0.2) is 48.9 Å². The minimum atomic E-state index is -3.98. The molecule has 2 heterocycles. The minimum absolute atomic E-state index is 0.0824. The molecule has 0 spiro atoms. The molecule has 1 fully saturated rings. The van der Waals surface area contributed by atoms with Crippen LogP contribution in [0.4, 0.5) is 19.0 Å². The van der Waals surface area contributed by atoms with Gasteiger partial charge in [-0.3, -0.25) is 0 Å². The first-order valence-electron chi connectivity index (χ1n) is 8.92. The second-order valence-corrected chi connectivity index (χ2v) is 8.45. The fraction of sp³-hybridized carbons (Fsp3) is 0.263. The molecule has 1 aromatic heterocycles. The van der Waals surface area contributed by atoms with Gasteiger partial charge in [0, 0.05) is 31.6 Å². The lowest BCUT2D eigenvalue weighted by atomic mass is 10.2. The Kier molecular flexibility index (Phi) is 5.13. The molecule has 3 aromatic rings. The number of para-hydroxylation sites is 1. The molecule has 0 N–H and O–H groups in total. The summed E-state index contributed by atoms with van der Waals surface area (Å²) in [6.07, 6.45) is -2.82. The van der Waals surface area contributed by atoms with Crippen LogP contribution in [0.1, 0.15) is 12.2 Å². The first-order chi connectivity index (χ1) is 13.9. The number of hydrogen-bond acceptors (Lipinski definition) is 5. The van der Waals surface area contributed by atoms with Crippen molar-refractivity contribution in [3.63, 3.8) is 0 Å². The van der Waals surface area contributed by atoms with Crippen LogP contribution in [-0.2, 0) is 10.0 Å². The number of anilines is 1. The summed E-state index contributed by atoms with van der Waals surface area (Å²) in [5.74, 6) is -1.03. The van der Waals surface area contributed by atoms with Crippen molar-refractivity contribution in [1.29, 1.82) is 0 Å². The third-order valence-corrected chi connectivity index (χ3v) is 6.72. The highest BCUT2D eigenvalue weighted by molar-refractivity contribution is 7.89. The van der Waals surface area contributed by atoms with Crippen LogP contribution in [0.3, 0.4) is 0 Å². The summed E-state index contributed by atoms with van der Waals surface area (Å²) in [6, 6.07) is 12.0. The molecule has 0 bridgehead atoms. The van der Waals surface area contributed by atoms with E-state index in [0.717, 1.165) is 6.07 Å². The molecular formula is C19H17F3N4O2S. The smallest absolute Gasteiger partial charge is 0.297 e. The molecule has 152 valence electrons. The number of benzene rings is 2. The van der Waals surface area contributed by atoms with Gasteiger partial charge in [0.1, 0.15) is 16.5 Å². The summed E-state index contributed by atoms with van der Waals surface area (Å²) in [5, 5.41) is 0.613. The Bertz CT molecular complexity index is 1150. The molecule has 0 radical (unpaired) electrons. The summed E-state index contributed by atoms with van der Waals surface area (Å²) >= 11 is 0. The maximum atomic E-state index is 14.0. The number of piperazine rings is 1. The summed E-state index contributed by atoms with van der Waals surface area (Å²) < 4.78 is 67.1. The maximum Gasteiger partial charge on any atom is 0.297 e. The van der Waals surface area contributed by atoms with Gasteiger partial charge in [0.15, 0.2) is 5.82 Å². The van der Waals surface area contributed by atoms with Crippen LogP contribution in [0.15, 0.2) is 53.4 Å². The van der Waals surface area contributed by atoms with Crippen molar-refractivity contribution >= 4 is 26.7 Å². The normalized spacial score (nSPS) is 15.9. The van der Waals surface area contributed by atoms with E-state index in [4.69, 9.17) is 0 Å². The topological polar surface area (TPSA) is 66.4 Å². The molecule has 1 saturated heterocycles. The first-order valence-corrected chi connectivity index (χ1v) is 10.4. The number of nitrogens with zero attached hydrogens (tertiary/aromatic N) is 4. The van der Waals surface area contributed by atoms with E-state index < -0.39 is 28.1 Å². The van der Waals surface area contributed by atoms with Crippen LogP contribution >= 0.6 is 0 Å². The lowest BCUT2D eigenvalue weighted by Gasteiger charge is -2.35. The van der Waals surface area contributed by atoms with Crippen LogP contribution in [0.2, 0.25) is 0 Å². The lowest BCUT2D eigenvalue weighted by Crippen LogP contribution is -2.49. The van der Waals surface area contributed by atoms with Crippen molar-refractivity contribution in [1.82, 2.24) is 14.3 Å². The van der Waals surface area contributed by atoms with Gasteiger partial charge in [-0.2, -0.15) is 4.31 Å². The summed E-state index contributed by atoms with van der Waals surface area (Å²) in [4.78, 5) is 9.30. The largest absolute Gasteiger partial charge is 0.353 e. The third-order valence-electron chi connectivity index (χ3n) is 4.79. The average molecular weight is 422 g/mol. The molecule has 0 aliphatic carbocycles. The van der Waals surface area contributed by atoms with E-state index in [2.05, 4.69) is 9.97 Å². The monoisotopic (exact) mass is 422 g/mol. The second-order valence-electron chi connectivity index (χ2n) is 6.54. The van der Waals surface area contributed by atoms with E-state index in [1.165, 1.54) is 22.5 Å². The van der Waals surface area contributed by atoms with Crippen molar-refractivity contribution in [3.05, 3.63) is 60.2 Å². The fourth-order valence-electron chi connectivity index (χ4n) is 3.35. The van der Waals surface area contributed by atoms with Crippen LogP contribution in [0.25, 0.3) is 10.9 Å². The molecule has 1 aliphatic rings. The number of hydrogen-bond donors (Lipinski definition) is 0. The van der Waals surface area contributed by atoms with Crippen LogP contribution in [0.5, 0.6) is 0 Å². The molecule has 6 nitrogen and oxygen atoms in total. The highest BCUT2D eigenvalue weighted by Crippen LogP contribution is 2.29. The predicted molar refractivity (Wildman–Crippen MR) is 102 cm³/mol. The Labute approximate surface area is 165 Å². The van der Waals surface area contributed by atoms with Gasteiger partial charge < -0.3 is 4.90 Å². The van der Waals surface area contributed by atoms with Crippen molar-refractivity contribution in [2.24, 2.45) is 0 Å². The molecule has 0 amide bonds. The van der Waals surface area contributed by atoms with Crippen LogP contribution in [0, 0.1) is 5.82 Å². The van der Waals surface area contributed by atoms with Gasteiger partial charge in [0.05, 0.1) is 5.52 Å². The molecule has 1 aliphatic heterocycles. The van der Waals surface area contributed by atoms with E-state index >= 15 is 0 Å². The molecular weight excluding hydrogens is 405 g/mol. The Morgan fingerprint density at radius 1 is 0.897 bits per heavy atom. The number of halogens is 3. The highest BCUT2D eigenvalue weighted by Gasteiger charge is 2.31. The van der Waals surface area contributed by atoms with Crippen molar-refractivity contribution in [2.75, 3.05) is 31.1 Å². The Balaban J connectivity index is 1.61. The number of rotatable bonds is 4. The first kappa shape index (κ1) is 19.6. The van der Waals surface area contributed by atoms with E-state index in [-0.39, 0.29) is 31.1 Å².